The number of nitrogens with zero attached hydrogens (tertiary/aromatic N) is 2. The van der Waals surface area contributed by atoms with Gasteiger partial charge in [-0.05, 0) is 80.8 Å². The predicted molar refractivity (Wildman–Crippen MR) is 158 cm³/mol. The molecule has 0 spiro atoms. The summed E-state index contributed by atoms with van der Waals surface area (Å²) in [6.45, 7) is 6.47. The molecule has 220 valence electrons. The molecule has 0 radical (unpaired) electrons. The van der Waals surface area contributed by atoms with Crippen LogP contribution in [-0.2, 0) is 20.7 Å². The Bertz CT molecular complexity index is 1430. The lowest BCUT2D eigenvalue weighted by atomic mass is 9.97. The lowest BCUT2D eigenvalue weighted by Crippen LogP contribution is -2.53. The maximum absolute atomic E-state index is 14.2. The van der Waals surface area contributed by atoms with Crippen molar-refractivity contribution in [2.24, 2.45) is 0 Å². The fraction of sp³-hybridized carbons (Fsp3) is 0.312. The summed E-state index contributed by atoms with van der Waals surface area (Å²) in [5, 5.41) is 25.0. The van der Waals surface area contributed by atoms with Gasteiger partial charge >= 0.3 is 6.09 Å². The number of carbonyl (C=O) groups is 3. The van der Waals surface area contributed by atoms with Crippen LogP contribution in [0.1, 0.15) is 43.5 Å². The van der Waals surface area contributed by atoms with Gasteiger partial charge < -0.3 is 30.1 Å². The Hall–Kier alpha value is -5.04. The molecule has 0 fully saturated rings. The summed E-state index contributed by atoms with van der Waals surface area (Å²) in [6, 6.07) is 19.6. The number of carbonyl (C=O) groups excluding carboxylic acids is 3. The van der Waals surface area contributed by atoms with Crippen molar-refractivity contribution < 1.29 is 29.0 Å². The Labute approximate surface area is 245 Å². The first kappa shape index (κ1) is 31.5. The van der Waals surface area contributed by atoms with Crippen LogP contribution in [0.15, 0.2) is 72.8 Å². The third-order valence-electron chi connectivity index (χ3n) is 6.29. The zero-order valence-corrected chi connectivity index (χ0v) is 24.4. The van der Waals surface area contributed by atoms with Gasteiger partial charge in [-0.3, -0.25) is 9.59 Å². The molecule has 2 atom stereocenters. The minimum absolute atomic E-state index is 0.0148. The monoisotopic (exact) mass is 572 g/mol. The number of alkyl carbamates (subject to hydrolysis) is 1. The quantitative estimate of drug-likeness (QED) is 0.294. The molecule has 0 heterocycles. The fourth-order valence-electron chi connectivity index (χ4n) is 4.32. The van der Waals surface area contributed by atoms with E-state index in [0.717, 1.165) is 10.5 Å². The van der Waals surface area contributed by atoms with Gasteiger partial charge in [0, 0.05) is 12.1 Å². The highest BCUT2D eigenvalue weighted by atomic mass is 16.6. The van der Waals surface area contributed by atoms with Crippen LogP contribution < -0.4 is 15.4 Å². The van der Waals surface area contributed by atoms with Crippen LogP contribution in [0.4, 0.5) is 10.5 Å². The van der Waals surface area contributed by atoms with Crippen molar-refractivity contribution in [3.63, 3.8) is 0 Å². The van der Waals surface area contributed by atoms with Crippen molar-refractivity contribution in [3.05, 3.63) is 89.5 Å². The van der Waals surface area contributed by atoms with E-state index >= 15 is 0 Å². The first-order valence-electron chi connectivity index (χ1n) is 13.4. The molecule has 0 aliphatic rings. The number of aryl methyl sites for hydroxylation is 1. The Morgan fingerprint density at radius 3 is 2.21 bits per heavy atom. The number of hydrogen-bond acceptors (Lipinski definition) is 7. The zero-order valence-electron chi connectivity index (χ0n) is 24.4. The zero-order chi connectivity index (χ0) is 30.9. The first-order valence-corrected chi connectivity index (χ1v) is 13.4. The summed E-state index contributed by atoms with van der Waals surface area (Å²) in [7, 11) is 1.53. The fourth-order valence-corrected chi connectivity index (χ4v) is 4.32. The molecular weight excluding hydrogens is 536 g/mol. The highest BCUT2D eigenvalue weighted by molar-refractivity contribution is 5.99. The van der Waals surface area contributed by atoms with Gasteiger partial charge in [-0.15, -0.1) is 0 Å². The number of benzene rings is 3. The second-order valence-corrected chi connectivity index (χ2v) is 10.7. The summed E-state index contributed by atoms with van der Waals surface area (Å²) in [5.41, 5.74) is 1.53. The van der Waals surface area contributed by atoms with E-state index in [1.807, 2.05) is 25.1 Å². The summed E-state index contributed by atoms with van der Waals surface area (Å²) >= 11 is 0. The predicted octanol–water partition coefficient (Wildman–Crippen LogP) is 4.88. The van der Waals surface area contributed by atoms with Crippen LogP contribution in [0, 0.1) is 18.3 Å². The van der Waals surface area contributed by atoms with Crippen LogP contribution in [0.25, 0.3) is 0 Å². The third-order valence-corrected chi connectivity index (χ3v) is 6.29. The van der Waals surface area contributed by atoms with Crippen LogP contribution in [0.5, 0.6) is 11.5 Å². The second-order valence-electron chi connectivity index (χ2n) is 10.7. The largest absolute Gasteiger partial charge is 0.508 e. The van der Waals surface area contributed by atoms with Crippen LogP contribution in [0.2, 0.25) is 0 Å². The van der Waals surface area contributed by atoms with Gasteiger partial charge in [0.05, 0.1) is 13.2 Å². The van der Waals surface area contributed by atoms with Crippen molar-refractivity contribution >= 4 is 23.6 Å². The van der Waals surface area contributed by atoms with Crippen molar-refractivity contribution in [1.29, 1.82) is 5.26 Å². The van der Waals surface area contributed by atoms with E-state index in [0.29, 0.717) is 22.6 Å². The Kier molecular flexibility index (Phi) is 10.5. The van der Waals surface area contributed by atoms with Crippen molar-refractivity contribution in [1.82, 2.24) is 10.2 Å². The summed E-state index contributed by atoms with van der Waals surface area (Å²) in [6.07, 6.45) is -0.812. The molecule has 0 bridgehead atoms. The van der Waals surface area contributed by atoms with E-state index in [1.165, 1.54) is 19.2 Å². The van der Waals surface area contributed by atoms with E-state index in [-0.39, 0.29) is 12.2 Å². The summed E-state index contributed by atoms with van der Waals surface area (Å²) < 4.78 is 10.6. The van der Waals surface area contributed by atoms with E-state index in [1.54, 1.807) is 69.3 Å². The van der Waals surface area contributed by atoms with Gasteiger partial charge in [-0.1, -0.05) is 36.4 Å². The molecule has 10 nitrogen and oxygen atoms in total. The first-order chi connectivity index (χ1) is 19.9. The molecule has 3 N–H and O–H groups in total. The molecule has 2 unspecified atom stereocenters. The minimum atomic E-state index is -1.21. The van der Waals surface area contributed by atoms with Gasteiger partial charge in [0.1, 0.15) is 35.7 Å². The Morgan fingerprint density at radius 2 is 1.64 bits per heavy atom. The number of amides is 3. The average molecular weight is 573 g/mol. The number of phenols is 1. The third kappa shape index (κ3) is 8.73. The maximum atomic E-state index is 14.2. The SMILES string of the molecule is COc1ccc(NC(=O)C(c2ccccc2C)N(CC#N)C(=O)C(Cc2ccc(O)cc2)NC(=O)OC(C)(C)C)cc1. The van der Waals surface area contributed by atoms with Crippen LogP contribution >= 0.6 is 0 Å². The second kappa shape index (κ2) is 14.0. The molecule has 0 saturated heterocycles. The normalized spacial score (nSPS) is 12.3. The van der Waals surface area contributed by atoms with Crippen molar-refractivity contribution in [2.75, 3.05) is 19.0 Å². The average Bonchev–Trinajstić information content (AvgIpc) is 2.93. The number of hydrogen-bond donors (Lipinski definition) is 3. The standard InChI is InChI=1S/C32H36N4O6/c1-21-8-6-7-9-26(21)28(29(38)34-23-12-16-25(41-5)17-13-23)36(19-18-33)30(39)27(35-31(40)42-32(2,3)4)20-22-10-14-24(37)15-11-22/h6-17,27-28,37H,19-20H2,1-5H3,(H,34,38)(H,35,40). The molecule has 3 aromatic carbocycles. The van der Waals surface area contributed by atoms with Gasteiger partial charge in [-0.2, -0.15) is 5.26 Å². The van der Waals surface area contributed by atoms with Gasteiger partial charge in [-0.25, -0.2) is 4.79 Å². The van der Waals surface area contributed by atoms with Gasteiger partial charge in [0.15, 0.2) is 0 Å². The molecule has 0 aliphatic carbocycles. The number of ether oxygens (including phenoxy) is 2. The molecule has 0 aromatic heterocycles. The summed E-state index contributed by atoms with van der Waals surface area (Å²) in [5.74, 6) is -0.551. The topological polar surface area (TPSA) is 141 Å². The minimum Gasteiger partial charge on any atom is -0.508 e. The molecule has 0 aliphatic heterocycles. The van der Waals surface area contributed by atoms with Crippen LogP contribution in [0.3, 0.4) is 0 Å². The highest BCUT2D eigenvalue weighted by Gasteiger charge is 2.37. The highest BCUT2D eigenvalue weighted by Crippen LogP contribution is 2.28. The number of nitrogens with one attached hydrogen (secondary N) is 2. The Balaban J connectivity index is 2.04. The van der Waals surface area contributed by atoms with E-state index in [2.05, 4.69) is 10.6 Å². The lowest BCUT2D eigenvalue weighted by molar-refractivity contribution is -0.140. The van der Waals surface area contributed by atoms with Gasteiger partial charge in [0.2, 0.25) is 5.91 Å². The molecular formula is C32H36N4O6. The number of anilines is 1. The molecule has 10 heteroatoms. The molecule has 42 heavy (non-hydrogen) atoms. The molecule has 3 amide bonds. The number of aromatic hydroxyl groups is 1. The van der Waals surface area contributed by atoms with Crippen LogP contribution in [-0.4, -0.2) is 53.2 Å². The Morgan fingerprint density at radius 1 is 1.00 bits per heavy atom. The molecule has 3 aromatic rings. The van der Waals surface area contributed by atoms with Gasteiger partial charge in [0.25, 0.3) is 5.91 Å². The van der Waals surface area contributed by atoms with Crippen molar-refractivity contribution in [3.8, 4) is 17.6 Å². The molecule has 0 saturated carbocycles. The number of nitriles is 1. The molecule has 3 rings (SSSR count). The maximum Gasteiger partial charge on any atom is 0.408 e. The van der Waals surface area contributed by atoms with E-state index in [4.69, 9.17) is 9.47 Å². The number of phenolic OH excluding ortho intramolecular Hbond substituents is 1. The lowest BCUT2D eigenvalue weighted by Gasteiger charge is -2.33. The smallest absolute Gasteiger partial charge is 0.408 e. The van der Waals surface area contributed by atoms with E-state index in [9.17, 15) is 24.8 Å². The number of rotatable bonds is 10. The number of methoxy groups -OCH3 is 1. The summed E-state index contributed by atoms with van der Waals surface area (Å²) in [4.78, 5) is 42.1. The van der Waals surface area contributed by atoms with E-state index < -0.39 is 42.1 Å². The van der Waals surface area contributed by atoms with Crippen molar-refractivity contribution in [2.45, 2.75) is 51.8 Å².